The van der Waals surface area contributed by atoms with Crippen molar-refractivity contribution >= 4 is 28.3 Å². The van der Waals surface area contributed by atoms with Crippen LogP contribution in [0.25, 0.3) is 10.9 Å². The van der Waals surface area contributed by atoms with Crippen LogP contribution >= 0.6 is 0 Å². The summed E-state index contributed by atoms with van der Waals surface area (Å²) in [6, 6.07) is 27.1. The fourth-order valence-electron chi connectivity index (χ4n) is 3.02. The van der Waals surface area contributed by atoms with Gasteiger partial charge in [0.15, 0.2) is 0 Å². The molecular weight excluding hydrogens is 348 g/mol. The second-order valence-electron chi connectivity index (χ2n) is 6.51. The van der Waals surface area contributed by atoms with E-state index in [9.17, 15) is 4.79 Å². The van der Waals surface area contributed by atoms with Crippen molar-refractivity contribution in [3.05, 3.63) is 96.3 Å². The second-order valence-corrected chi connectivity index (χ2v) is 6.51. The Labute approximate surface area is 163 Å². The maximum Gasteiger partial charge on any atom is 0.289 e. The molecule has 28 heavy (non-hydrogen) atoms. The Bertz CT molecular complexity index is 1100. The molecule has 5 nitrogen and oxygen atoms in total. The standard InChI is InChI=1S/C23H20N4O/c1-16(17-10-4-2-5-11-17)24-23(28)22-26-20-15-9-8-14-19(20)21(27-22)25-18-12-6-3-7-13-18/h2-16H,1H3,(H,24,28)(H,25,26,27)/t16-/m0/s1. The van der Waals surface area contributed by atoms with E-state index in [1.54, 1.807) is 0 Å². The average Bonchev–Trinajstić information content (AvgIpc) is 2.75. The third-order valence-corrected chi connectivity index (χ3v) is 4.49. The molecule has 1 atom stereocenters. The highest BCUT2D eigenvalue weighted by Crippen LogP contribution is 2.24. The fraction of sp³-hybridized carbons (Fsp3) is 0.0870. The van der Waals surface area contributed by atoms with Gasteiger partial charge in [-0.3, -0.25) is 4.79 Å². The molecule has 1 amide bonds. The minimum atomic E-state index is -0.307. The smallest absolute Gasteiger partial charge is 0.289 e. The Morgan fingerprint density at radius 1 is 0.821 bits per heavy atom. The van der Waals surface area contributed by atoms with Gasteiger partial charge < -0.3 is 10.6 Å². The summed E-state index contributed by atoms with van der Waals surface area (Å²) in [5.74, 6) is 0.437. The highest BCUT2D eigenvalue weighted by atomic mass is 16.2. The van der Waals surface area contributed by atoms with Crippen molar-refractivity contribution < 1.29 is 4.79 Å². The number of nitrogens with one attached hydrogen (secondary N) is 2. The first kappa shape index (κ1) is 17.7. The molecule has 0 spiro atoms. The Balaban J connectivity index is 1.66. The summed E-state index contributed by atoms with van der Waals surface area (Å²) in [6.45, 7) is 1.94. The Kier molecular flexibility index (Phi) is 4.97. The Morgan fingerprint density at radius 3 is 2.21 bits per heavy atom. The highest BCUT2D eigenvalue weighted by molar-refractivity contribution is 5.97. The van der Waals surface area contributed by atoms with Gasteiger partial charge in [-0.15, -0.1) is 0 Å². The van der Waals surface area contributed by atoms with Gasteiger partial charge >= 0.3 is 0 Å². The van der Waals surface area contributed by atoms with Crippen LogP contribution in [0, 0.1) is 0 Å². The van der Waals surface area contributed by atoms with Crippen molar-refractivity contribution in [1.82, 2.24) is 15.3 Å². The monoisotopic (exact) mass is 368 g/mol. The van der Waals surface area contributed by atoms with E-state index in [-0.39, 0.29) is 17.8 Å². The molecule has 0 saturated heterocycles. The van der Waals surface area contributed by atoms with Crippen molar-refractivity contribution in [1.29, 1.82) is 0 Å². The lowest BCUT2D eigenvalue weighted by atomic mass is 10.1. The van der Waals surface area contributed by atoms with Crippen molar-refractivity contribution in [2.45, 2.75) is 13.0 Å². The van der Waals surface area contributed by atoms with Gasteiger partial charge in [-0.05, 0) is 36.8 Å². The van der Waals surface area contributed by atoms with Crippen molar-refractivity contribution in [3.8, 4) is 0 Å². The summed E-state index contributed by atoms with van der Waals surface area (Å²) < 4.78 is 0. The molecule has 0 aliphatic heterocycles. The normalized spacial score (nSPS) is 11.8. The van der Waals surface area contributed by atoms with Crippen LogP contribution in [0.1, 0.15) is 29.1 Å². The third kappa shape index (κ3) is 3.83. The molecule has 0 bridgehead atoms. The number of aromatic nitrogens is 2. The predicted molar refractivity (Wildman–Crippen MR) is 112 cm³/mol. The Hall–Kier alpha value is -3.73. The molecule has 2 N–H and O–H groups in total. The molecule has 4 aromatic rings. The maximum absolute atomic E-state index is 12.8. The summed E-state index contributed by atoms with van der Waals surface area (Å²) >= 11 is 0. The lowest BCUT2D eigenvalue weighted by Gasteiger charge is -2.15. The number of amides is 1. The van der Waals surface area contributed by atoms with Crippen molar-refractivity contribution in [2.24, 2.45) is 0 Å². The lowest BCUT2D eigenvalue weighted by Crippen LogP contribution is -2.28. The molecule has 0 aliphatic carbocycles. The number of nitrogens with zero attached hydrogens (tertiary/aromatic N) is 2. The Morgan fingerprint density at radius 2 is 1.46 bits per heavy atom. The van der Waals surface area contributed by atoms with Crippen LogP contribution in [0.15, 0.2) is 84.9 Å². The molecule has 0 saturated carbocycles. The van der Waals surface area contributed by atoms with Gasteiger partial charge in [-0.1, -0.05) is 60.7 Å². The number of carbonyl (C=O) groups excluding carboxylic acids is 1. The van der Waals surface area contributed by atoms with Crippen molar-refractivity contribution in [3.63, 3.8) is 0 Å². The van der Waals surface area contributed by atoms with Gasteiger partial charge in [0, 0.05) is 11.1 Å². The molecule has 0 unspecified atom stereocenters. The van der Waals surface area contributed by atoms with Gasteiger partial charge in [-0.25, -0.2) is 9.97 Å². The number of anilines is 2. The van der Waals surface area contributed by atoms with Gasteiger partial charge in [0.2, 0.25) is 5.82 Å². The lowest BCUT2D eigenvalue weighted by molar-refractivity contribution is 0.0930. The molecule has 1 aromatic heterocycles. The first-order valence-electron chi connectivity index (χ1n) is 9.15. The molecule has 0 fully saturated rings. The SMILES string of the molecule is C[C@H](NC(=O)c1nc(Nc2ccccc2)c2ccccc2n1)c1ccccc1. The van der Waals surface area contributed by atoms with E-state index in [1.165, 1.54) is 0 Å². The predicted octanol–water partition coefficient (Wildman–Crippen LogP) is 4.86. The van der Waals surface area contributed by atoms with Crippen LogP contribution in [0.5, 0.6) is 0 Å². The summed E-state index contributed by atoms with van der Waals surface area (Å²) in [4.78, 5) is 21.8. The number of fused-ring (bicyclic) bond motifs is 1. The van der Waals surface area contributed by atoms with E-state index >= 15 is 0 Å². The first-order valence-corrected chi connectivity index (χ1v) is 9.15. The second kappa shape index (κ2) is 7.88. The van der Waals surface area contributed by atoms with Gasteiger partial charge in [0.25, 0.3) is 5.91 Å². The van der Waals surface area contributed by atoms with Crippen LogP contribution in [0.3, 0.4) is 0 Å². The molecule has 5 heteroatoms. The maximum atomic E-state index is 12.8. The topological polar surface area (TPSA) is 66.9 Å². The first-order chi connectivity index (χ1) is 13.7. The largest absolute Gasteiger partial charge is 0.343 e. The third-order valence-electron chi connectivity index (χ3n) is 4.49. The highest BCUT2D eigenvalue weighted by Gasteiger charge is 2.17. The average molecular weight is 368 g/mol. The number of para-hydroxylation sites is 2. The van der Waals surface area contributed by atoms with Crippen LogP contribution < -0.4 is 10.6 Å². The zero-order chi connectivity index (χ0) is 19.3. The number of rotatable bonds is 5. The van der Waals surface area contributed by atoms with E-state index in [0.29, 0.717) is 11.3 Å². The molecule has 4 rings (SSSR count). The number of carbonyl (C=O) groups is 1. The van der Waals surface area contributed by atoms with Crippen LogP contribution in [0.4, 0.5) is 11.5 Å². The van der Waals surface area contributed by atoms with E-state index in [2.05, 4.69) is 20.6 Å². The van der Waals surface area contributed by atoms with E-state index < -0.39 is 0 Å². The molecule has 3 aromatic carbocycles. The molecule has 0 radical (unpaired) electrons. The molecule has 1 heterocycles. The van der Waals surface area contributed by atoms with Gasteiger partial charge in [0.1, 0.15) is 5.82 Å². The summed E-state index contributed by atoms with van der Waals surface area (Å²) in [5, 5.41) is 7.13. The zero-order valence-corrected chi connectivity index (χ0v) is 15.5. The van der Waals surface area contributed by atoms with E-state index in [1.807, 2.05) is 91.9 Å². The van der Waals surface area contributed by atoms with Gasteiger partial charge in [0.05, 0.1) is 11.6 Å². The summed E-state index contributed by atoms with van der Waals surface area (Å²) in [6.07, 6.45) is 0. The number of hydrogen-bond acceptors (Lipinski definition) is 4. The fourth-order valence-corrected chi connectivity index (χ4v) is 3.02. The van der Waals surface area contributed by atoms with Crippen molar-refractivity contribution in [2.75, 3.05) is 5.32 Å². The molecule has 138 valence electrons. The molecular formula is C23H20N4O. The van der Waals surface area contributed by atoms with Crippen LogP contribution in [0.2, 0.25) is 0 Å². The van der Waals surface area contributed by atoms with Gasteiger partial charge in [-0.2, -0.15) is 0 Å². The minimum Gasteiger partial charge on any atom is -0.343 e. The number of benzene rings is 3. The van der Waals surface area contributed by atoms with Crippen LogP contribution in [-0.2, 0) is 0 Å². The summed E-state index contributed by atoms with van der Waals surface area (Å²) in [7, 11) is 0. The summed E-state index contributed by atoms with van der Waals surface area (Å²) in [5.41, 5.74) is 2.64. The quantitative estimate of drug-likeness (QED) is 0.528. The minimum absolute atomic E-state index is 0.139. The van der Waals surface area contributed by atoms with Crippen LogP contribution in [-0.4, -0.2) is 15.9 Å². The molecule has 0 aliphatic rings. The number of hydrogen-bond donors (Lipinski definition) is 2. The van der Waals surface area contributed by atoms with E-state index in [0.717, 1.165) is 16.6 Å². The van der Waals surface area contributed by atoms with E-state index in [4.69, 9.17) is 0 Å². The zero-order valence-electron chi connectivity index (χ0n) is 15.5.